The normalized spacial score (nSPS) is 15.8. The van der Waals surface area contributed by atoms with Crippen LogP contribution in [0, 0.1) is 0 Å². The van der Waals surface area contributed by atoms with Crippen LogP contribution in [0.2, 0.25) is 0 Å². The van der Waals surface area contributed by atoms with Gasteiger partial charge in [-0.2, -0.15) is 11.8 Å². The van der Waals surface area contributed by atoms with Crippen molar-refractivity contribution >= 4 is 23.1 Å². The molecular formula is C9H14N2S2. The van der Waals surface area contributed by atoms with Gasteiger partial charge in [0.2, 0.25) is 0 Å². The zero-order valence-electron chi connectivity index (χ0n) is 7.80. The fourth-order valence-electron chi connectivity index (χ4n) is 1.43. The zero-order valence-corrected chi connectivity index (χ0v) is 9.43. The van der Waals surface area contributed by atoms with Gasteiger partial charge in [0.05, 0.1) is 5.69 Å². The van der Waals surface area contributed by atoms with Crippen LogP contribution < -0.4 is 5.32 Å². The number of thioether (sulfide) groups is 1. The molecule has 13 heavy (non-hydrogen) atoms. The Hall–Kier alpha value is -0.0600. The van der Waals surface area contributed by atoms with Crippen molar-refractivity contribution in [2.75, 3.05) is 12.3 Å². The molecule has 72 valence electrons. The highest BCUT2D eigenvalue weighted by atomic mass is 32.2. The van der Waals surface area contributed by atoms with Crippen molar-refractivity contribution in [3.8, 4) is 0 Å². The van der Waals surface area contributed by atoms with E-state index < -0.39 is 0 Å². The van der Waals surface area contributed by atoms with E-state index in [1.54, 1.807) is 0 Å². The first-order valence-corrected chi connectivity index (χ1v) is 6.63. The lowest BCUT2D eigenvalue weighted by atomic mass is 10.2. The number of nitrogens with zero attached hydrogens (tertiary/aromatic N) is 1. The third-order valence-electron chi connectivity index (χ3n) is 2.08. The Balaban J connectivity index is 2.07. The van der Waals surface area contributed by atoms with Crippen LogP contribution >= 0.6 is 23.1 Å². The molecule has 0 fully saturated rings. The second-order valence-electron chi connectivity index (χ2n) is 3.04. The van der Waals surface area contributed by atoms with Gasteiger partial charge in [0.15, 0.2) is 0 Å². The van der Waals surface area contributed by atoms with Gasteiger partial charge in [-0.15, -0.1) is 11.3 Å². The van der Waals surface area contributed by atoms with Crippen molar-refractivity contribution in [2.24, 2.45) is 0 Å². The molecule has 1 aromatic heterocycles. The summed E-state index contributed by atoms with van der Waals surface area (Å²) < 4.78 is 0. The van der Waals surface area contributed by atoms with E-state index in [1.165, 1.54) is 21.3 Å². The number of aromatic nitrogens is 1. The molecule has 0 amide bonds. The topological polar surface area (TPSA) is 24.9 Å². The molecule has 1 aromatic rings. The lowest BCUT2D eigenvalue weighted by Gasteiger charge is -2.09. The van der Waals surface area contributed by atoms with Crippen LogP contribution in [0.1, 0.15) is 22.5 Å². The van der Waals surface area contributed by atoms with Crippen LogP contribution in [0.5, 0.6) is 0 Å². The predicted octanol–water partition coefficient (Wildman–Crippen LogP) is 2.04. The highest BCUT2D eigenvalue weighted by Gasteiger charge is 2.13. The summed E-state index contributed by atoms with van der Waals surface area (Å²) in [6, 6.07) is 0. The third kappa shape index (κ3) is 2.24. The minimum absolute atomic E-state index is 1.03. The molecule has 0 saturated heterocycles. The molecule has 2 heterocycles. The Bertz CT molecular complexity index is 260. The summed E-state index contributed by atoms with van der Waals surface area (Å²) in [5, 5.41) is 4.68. The van der Waals surface area contributed by atoms with Crippen LogP contribution in [0.25, 0.3) is 0 Å². The highest BCUT2D eigenvalue weighted by molar-refractivity contribution is 7.98. The molecule has 0 atom stereocenters. The Labute approximate surface area is 87.1 Å². The second kappa shape index (κ2) is 4.44. The van der Waals surface area contributed by atoms with Gasteiger partial charge >= 0.3 is 0 Å². The molecule has 1 aliphatic heterocycles. The Morgan fingerprint density at radius 1 is 1.62 bits per heavy atom. The van der Waals surface area contributed by atoms with Gasteiger partial charge in [-0.1, -0.05) is 6.92 Å². The summed E-state index contributed by atoms with van der Waals surface area (Å²) >= 11 is 3.83. The fraction of sp³-hybridized carbons (Fsp3) is 0.667. The van der Waals surface area contributed by atoms with E-state index in [0.29, 0.717) is 0 Å². The molecular weight excluding hydrogens is 200 g/mol. The molecule has 1 aliphatic rings. The largest absolute Gasteiger partial charge is 0.311 e. The molecule has 0 spiro atoms. The van der Waals surface area contributed by atoms with Crippen molar-refractivity contribution in [3.63, 3.8) is 0 Å². The molecule has 0 aromatic carbocycles. The summed E-state index contributed by atoms with van der Waals surface area (Å²) in [4.78, 5) is 6.10. The SMILES string of the molecule is CCSCc1nc2c(s1)CNCC2. The lowest BCUT2D eigenvalue weighted by molar-refractivity contribution is 0.643. The van der Waals surface area contributed by atoms with Crippen LogP contribution in [-0.2, 0) is 18.7 Å². The summed E-state index contributed by atoms with van der Waals surface area (Å²) in [5.74, 6) is 2.27. The lowest BCUT2D eigenvalue weighted by Crippen LogP contribution is -2.22. The molecule has 0 unspecified atom stereocenters. The van der Waals surface area contributed by atoms with E-state index >= 15 is 0 Å². The number of rotatable bonds is 3. The van der Waals surface area contributed by atoms with Gasteiger partial charge < -0.3 is 5.32 Å². The van der Waals surface area contributed by atoms with Gasteiger partial charge in [-0.3, -0.25) is 0 Å². The van der Waals surface area contributed by atoms with Gasteiger partial charge in [0.1, 0.15) is 5.01 Å². The fourth-order valence-corrected chi connectivity index (χ4v) is 3.24. The smallest absolute Gasteiger partial charge is 0.103 e. The number of hydrogen-bond acceptors (Lipinski definition) is 4. The molecule has 2 nitrogen and oxygen atoms in total. The van der Waals surface area contributed by atoms with Crippen molar-refractivity contribution in [1.29, 1.82) is 0 Å². The van der Waals surface area contributed by atoms with Gasteiger partial charge in [0, 0.05) is 30.1 Å². The first-order valence-electron chi connectivity index (χ1n) is 4.66. The highest BCUT2D eigenvalue weighted by Crippen LogP contribution is 2.24. The summed E-state index contributed by atoms with van der Waals surface area (Å²) in [5.41, 5.74) is 1.34. The van der Waals surface area contributed by atoms with E-state index in [-0.39, 0.29) is 0 Å². The molecule has 2 rings (SSSR count). The maximum Gasteiger partial charge on any atom is 0.103 e. The van der Waals surface area contributed by atoms with E-state index in [1.807, 2.05) is 23.1 Å². The van der Waals surface area contributed by atoms with Crippen LogP contribution in [-0.4, -0.2) is 17.3 Å². The molecule has 0 radical (unpaired) electrons. The zero-order chi connectivity index (χ0) is 9.10. The van der Waals surface area contributed by atoms with Crippen molar-refractivity contribution in [1.82, 2.24) is 10.3 Å². The quantitative estimate of drug-likeness (QED) is 0.833. The maximum atomic E-state index is 4.65. The molecule has 1 N–H and O–H groups in total. The first-order chi connectivity index (χ1) is 6.40. The average molecular weight is 214 g/mol. The third-order valence-corrected chi connectivity index (χ3v) is 4.24. The first kappa shape index (κ1) is 9.49. The average Bonchev–Trinajstić information content (AvgIpc) is 2.57. The summed E-state index contributed by atoms with van der Waals surface area (Å²) in [7, 11) is 0. The Morgan fingerprint density at radius 3 is 3.31 bits per heavy atom. The monoisotopic (exact) mass is 214 g/mol. The number of fused-ring (bicyclic) bond motifs is 1. The Kier molecular flexibility index (Phi) is 3.24. The van der Waals surface area contributed by atoms with Crippen LogP contribution in [0.4, 0.5) is 0 Å². The van der Waals surface area contributed by atoms with Crippen molar-refractivity contribution < 1.29 is 0 Å². The maximum absolute atomic E-state index is 4.65. The Morgan fingerprint density at radius 2 is 2.54 bits per heavy atom. The standard InChI is InChI=1S/C9H14N2S2/c1-2-12-6-9-11-7-3-4-10-5-8(7)13-9/h10H,2-6H2,1H3. The van der Waals surface area contributed by atoms with Gasteiger partial charge in [-0.05, 0) is 5.75 Å². The molecule has 4 heteroatoms. The van der Waals surface area contributed by atoms with Crippen LogP contribution in [0.15, 0.2) is 0 Å². The minimum Gasteiger partial charge on any atom is -0.311 e. The van der Waals surface area contributed by atoms with Gasteiger partial charge in [-0.25, -0.2) is 4.98 Å². The number of thiazole rings is 1. The van der Waals surface area contributed by atoms with E-state index in [0.717, 1.165) is 25.3 Å². The molecule has 0 bridgehead atoms. The molecule has 0 saturated carbocycles. The van der Waals surface area contributed by atoms with Crippen LogP contribution in [0.3, 0.4) is 0 Å². The summed E-state index contributed by atoms with van der Waals surface area (Å²) in [6.45, 7) is 4.32. The minimum atomic E-state index is 1.03. The van der Waals surface area contributed by atoms with Gasteiger partial charge in [0.25, 0.3) is 0 Å². The molecule has 0 aliphatic carbocycles. The number of nitrogens with one attached hydrogen (secondary N) is 1. The van der Waals surface area contributed by atoms with E-state index in [2.05, 4.69) is 17.2 Å². The van der Waals surface area contributed by atoms with Crippen molar-refractivity contribution in [2.45, 2.75) is 25.6 Å². The number of hydrogen-bond donors (Lipinski definition) is 1. The van der Waals surface area contributed by atoms with E-state index in [4.69, 9.17) is 0 Å². The van der Waals surface area contributed by atoms with Crippen molar-refractivity contribution in [3.05, 3.63) is 15.6 Å². The second-order valence-corrected chi connectivity index (χ2v) is 5.48. The van der Waals surface area contributed by atoms with E-state index in [9.17, 15) is 0 Å². The summed E-state index contributed by atoms with van der Waals surface area (Å²) in [6.07, 6.45) is 1.11. The predicted molar refractivity (Wildman–Crippen MR) is 59.4 cm³/mol.